The van der Waals surface area contributed by atoms with E-state index in [-0.39, 0.29) is 25.6 Å². The van der Waals surface area contributed by atoms with E-state index in [9.17, 15) is 14.7 Å². The molecule has 0 aromatic heterocycles. The SMILES string of the molecule is CC/C=C\C/C=C\C/C=C\C/C=C\C/C=C\C/C=C\CCCCCCCCCCCCCCCCCCCCCCC(=O)OC(CO)COC(=O)C/C=C\C/C=C\C/C=C\C/C=C\C/C=C\CC. The highest BCUT2D eigenvalue weighted by Crippen LogP contribution is 2.16. The Kier molecular flexibility index (Phi) is 54.0. The molecule has 0 saturated heterocycles. The summed E-state index contributed by atoms with van der Waals surface area (Å²) in [6.45, 7) is 3.82. The van der Waals surface area contributed by atoms with Gasteiger partial charge in [0.05, 0.1) is 13.0 Å². The van der Waals surface area contributed by atoms with Crippen molar-refractivity contribution in [2.45, 2.75) is 238 Å². The van der Waals surface area contributed by atoms with Crippen LogP contribution in [0, 0.1) is 0 Å². The number of hydrogen-bond acceptors (Lipinski definition) is 5. The fourth-order valence-electron chi connectivity index (χ4n) is 7.40. The van der Waals surface area contributed by atoms with Gasteiger partial charge in [-0.15, -0.1) is 0 Å². The summed E-state index contributed by atoms with van der Waals surface area (Å²) in [5.41, 5.74) is 0. The van der Waals surface area contributed by atoms with Crippen molar-refractivity contribution < 1.29 is 24.2 Å². The topological polar surface area (TPSA) is 72.8 Å². The molecule has 1 atom stereocenters. The van der Waals surface area contributed by atoms with E-state index in [1.807, 2.05) is 6.08 Å². The number of allylic oxidation sites excluding steroid dienone is 21. The average Bonchev–Trinajstić information content (AvgIpc) is 3.34. The maximum Gasteiger partial charge on any atom is 0.309 e. The predicted octanol–water partition coefficient (Wildman–Crippen LogP) is 18.9. The van der Waals surface area contributed by atoms with Crippen molar-refractivity contribution in [2.75, 3.05) is 13.2 Å². The third-order valence-corrected chi connectivity index (χ3v) is 11.5. The number of carbonyl (C=O) groups excluding carboxylic acids is 2. The highest BCUT2D eigenvalue weighted by atomic mass is 16.6. The van der Waals surface area contributed by atoms with E-state index < -0.39 is 12.1 Å². The van der Waals surface area contributed by atoms with Crippen molar-refractivity contribution in [2.24, 2.45) is 0 Å². The molecule has 0 radical (unpaired) electrons. The van der Waals surface area contributed by atoms with Gasteiger partial charge in [0.1, 0.15) is 6.61 Å². The minimum atomic E-state index is -0.818. The zero-order chi connectivity index (χ0) is 49.2. The number of unbranched alkanes of at least 4 members (excludes halogenated alkanes) is 20. The standard InChI is InChI=1S/C63H102O5/c1-3-5-7-9-11-13-15-17-19-20-21-22-23-24-25-26-27-28-29-30-31-32-33-34-35-36-37-38-39-40-41-42-44-46-48-50-52-54-56-58-63(66)68-61(59-64)60-67-62(65)57-55-53-51-49-47-45-43-18-16-14-12-10-8-6-4-2/h5-8,11-14,17-19,21-22,24-25,27-28,43,47,49,53,55,61,64H,3-4,9-10,15-16,20,23,26,29-42,44-46,48,50-52,54,56-60H2,1-2H3/b7-5-,8-6-,13-11-,14-12-,19-17-,22-21-,25-24-,28-27-,43-18-,49-47-,55-53-. The van der Waals surface area contributed by atoms with Crippen LogP contribution in [0.4, 0.5) is 0 Å². The van der Waals surface area contributed by atoms with Crippen LogP contribution in [0.3, 0.4) is 0 Å². The summed E-state index contributed by atoms with van der Waals surface area (Å²) in [6.07, 6.45) is 86.1. The molecule has 0 amide bonds. The molecular formula is C63H102O5. The molecule has 0 bridgehead atoms. The Morgan fingerprint density at radius 1 is 0.353 bits per heavy atom. The second-order valence-electron chi connectivity index (χ2n) is 17.9. The monoisotopic (exact) mass is 939 g/mol. The fraction of sp³-hybridized carbons (Fsp3) is 0.619. The Morgan fingerprint density at radius 2 is 0.632 bits per heavy atom. The summed E-state index contributed by atoms with van der Waals surface area (Å²) in [5, 5.41) is 9.61. The van der Waals surface area contributed by atoms with Crippen LogP contribution in [0.5, 0.6) is 0 Å². The van der Waals surface area contributed by atoms with E-state index >= 15 is 0 Å². The van der Waals surface area contributed by atoms with Gasteiger partial charge in [-0.3, -0.25) is 9.59 Å². The average molecular weight is 940 g/mol. The van der Waals surface area contributed by atoms with Crippen LogP contribution in [0.2, 0.25) is 0 Å². The minimum absolute atomic E-state index is 0.125. The van der Waals surface area contributed by atoms with Gasteiger partial charge in [-0.05, 0) is 89.9 Å². The van der Waals surface area contributed by atoms with Gasteiger partial charge < -0.3 is 14.6 Å². The first kappa shape index (κ1) is 64.0. The van der Waals surface area contributed by atoms with Gasteiger partial charge in [0, 0.05) is 6.42 Å². The molecule has 0 aliphatic carbocycles. The third-order valence-electron chi connectivity index (χ3n) is 11.5. The number of hydrogen-bond donors (Lipinski definition) is 1. The summed E-state index contributed by atoms with van der Waals surface area (Å²) in [7, 11) is 0. The van der Waals surface area contributed by atoms with Crippen molar-refractivity contribution in [3.8, 4) is 0 Å². The number of carbonyl (C=O) groups is 2. The summed E-state index contributed by atoms with van der Waals surface area (Å²) >= 11 is 0. The number of esters is 2. The molecule has 0 spiro atoms. The van der Waals surface area contributed by atoms with E-state index in [2.05, 4.69) is 135 Å². The summed E-state index contributed by atoms with van der Waals surface area (Å²) in [5.74, 6) is -0.740. The first-order chi connectivity index (χ1) is 33.6. The molecule has 0 aromatic rings. The van der Waals surface area contributed by atoms with E-state index in [4.69, 9.17) is 9.47 Å². The summed E-state index contributed by atoms with van der Waals surface area (Å²) < 4.78 is 10.6. The van der Waals surface area contributed by atoms with E-state index in [1.165, 1.54) is 116 Å². The highest BCUT2D eigenvalue weighted by molar-refractivity contribution is 5.71. The van der Waals surface area contributed by atoms with Crippen LogP contribution < -0.4 is 0 Å². The van der Waals surface area contributed by atoms with Crippen molar-refractivity contribution in [3.63, 3.8) is 0 Å². The van der Waals surface area contributed by atoms with Gasteiger partial charge in [0.2, 0.25) is 0 Å². The molecule has 0 rings (SSSR count). The molecule has 384 valence electrons. The Labute approximate surface area is 419 Å². The lowest BCUT2D eigenvalue weighted by Gasteiger charge is -2.15. The lowest BCUT2D eigenvalue weighted by molar-refractivity contribution is -0.161. The maximum atomic E-state index is 12.3. The summed E-state index contributed by atoms with van der Waals surface area (Å²) in [6, 6.07) is 0. The lowest BCUT2D eigenvalue weighted by atomic mass is 10.0. The van der Waals surface area contributed by atoms with E-state index in [1.54, 1.807) is 6.08 Å². The van der Waals surface area contributed by atoms with Gasteiger partial charge in [0.15, 0.2) is 6.10 Å². The number of rotatable bonds is 49. The van der Waals surface area contributed by atoms with Crippen LogP contribution in [0.15, 0.2) is 134 Å². The molecule has 0 heterocycles. The first-order valence-electron chi connectivity index (χ1n) is 27.7. The predicted molar refractivity (Wildman–Crippen MR) is 297 cm³/mol. The van der Waals surface area contributed by atoms with Crippen LogP contribution in [-0.2, 0) is 19.1 Å². The smallest absolute Gasteiger partial charge is 0.309 e. The lowest BCUT2D eigenvalue weighted by Crippen LogP contribution is -2.28. The van der Waals surface area contributed by atoms with Crippen molar-refractivity contribution in [1.82, 2.24) is 0 Å². The molecule has 1 N–H and O–H groups in total. The highest BCUT2D eigenvalue weighted by Gasteiger charge is 2.15. The second-order valence-corrected chi connectivity index (χ2v) is 17.9. The third kappa shape index (κ3) is 54.6. The minimum Gasteiger partial charge on any atom is -0.461 e. The Balaban J connectivity index is 3.51. The maximum absolute atomic E-state index is 12.3. The van der Waals surface area contributed by atoms with Gasteiger partial charge in [0.25, 0.3) is 0 Å². The van der Waals surface area contributed by atoms with E-state index in [0.717, 1.165) is 89.9 Å². The Morgan fingerprint density at radius 3 is 0.956 bits per heavy atom. The molecule has 0 aromatic carbocycles. The molecular weight excluding hydrogens is 837 g/mol. The van der Waals surface area contributed by atoms with Crippen molar-refractivity contribution in [1.29, 1.82) is 0 Å². The molecule has 5 heteroatoms. The summed E-state index contributed by atoms with van der Waals surface area (Å²) in [4.78, 5) is 24.4. The van der Waals surface area contributed by atoms with E-state index in [0.29, 0.717) is 6.42 Å². The first-order valence-corrected chi connectivity index (χ1v) is 27.7. The molecule has 5 nitrogen and oxygen atoms in total. The van der Waals surface area contributed by atoms with Gasteiger partial charge in [-0.2, -0.15) is 0 Å². The normalized spacial score (nSPS) is 13.3. The van der Waals surface area contributed by atoms with Gasteiger partial charge >= 0.3 is 11.9 Å². The van der Waals surface area contributed by atoms with Crippen molar-refractivity contribution >= 4 is 11.9 Å². The van der Waals surface area contributed by atoms with Crippen LogP contribution >= 0.6 is 0 Å². The van der Waals surface area contributed by atoms with Crippen molar-refractivity contribution in [3.05, 3.63) is 134 Å². The molecule has 0 aliphatic heterocycles. The Bertz CT molecular complexity index is 1430. The van der Waals surface area contributed by atoms with Crippen LogP contribution in [-0.4, -0.2) is 36.4 Å². The van der Waals surface area contributed by atoms with Gasteiger partial charge in [-0.1, -0.05) is 263 Å². The second kappa shape index (κ2) is 57.4. The zero-order valence-electron chi connectivity index (χ0n) is 43.8. The van der Waals surface area contributed by atoms with Crippen LogP contribution in [0.1, 0.15) is 232 Å². The molecule has 68 heavy (non-hydrogen) atoms. The van der Waals surface area contributed by atoms with Gasteiger partial charge in [-0.25, -0.2) is 0 Å². The molecule has 1 unspecified atom stereocenters. The molecule has 0 fully saturated rings. The number of ether oxygens (including phenoxy) is 2. The molecule has 0 aliphatic rings. The zero-order valence-corrected chi connectivity index (χ0v) is 43.8. The van der Waals surface area contributed by atoms with Crippen LogP contribution in [0.25, 0.3) is 0 Å². The molecule has 0 saturated carbocycles. The Hall–Kier alpha value is -3.96. The number of aliphatic hydroxyl groups excluding tert-OH is 1. The quantitative estimate of drug-likeness (QED) is 0.0374. The largest absolute Gasteiger partial charge is 0.461 e. The number of aliphatic hydroxyl groups is 1. The fourth-order valence-corrected chi connectivity index (χ4v) is 7.40.